The van der Waals surface area contributed by atoms with E-state index >= 15 is 0 Å². The molecule has 0 aliphatic heterocycles. The van der Waals surface area contributed by atoms with Crippen LogP contribution in [0.15, 0.2) is 52.5 Å². The van der Waals surface area contributed by atoms with Gasteiger partial charge < -0.3 is 4.52 Å². The second-order valence-corrected chi connectivity index (χ2v) is 6.55. The molecule has 27 heavy (non-hydrogen) atoms. The van der Waals surface area contributed by atoms with Crippen molar-refractivity contribution >= 4 is 34.3 Å². The van der Waals surface area contributed by atoms with E-state index in [9.17, 15) is 9.59 Å². The van der Waals surface area contributed by atoms with E-state index in [1.54, 1.807) is 31.2 Å². The molecule has 0 bridgehead atoms. The summed E-state index contributed by atoms with van der Waals surface area (Å²) in [7, 11) is 0. The first-order valence-electron chi connectivity index (χ1n) is 7.96. The van der Waals surface area contributed by atoms with Gasteiger partial charge in [-0.15, -0.1) is 11.3 Å². The molecule has 0 atom stereocenters. The Morgan fingerprint density at radius 3 is 2.70 bits per heavy atom. The van der Waals surface area contributed by atoms with Gasteiger partial charge in [0.2, 0.25) is 0 Å². The smallest absolute Gasteiger partial charge is 0.288 e. The lowest BCUT2D eigenvalue weighted by atomic mass is 10.1. The Morgan fingerprint density at radius 2 is 1.96 bits per heavy atom. The van der Waals surface area contributed by atoms with E-state index in [1.165, 1.54) is 17.5 Å². The zero-order chi connectivity index (χ0) is 18.8. The summed E-state index contributed by atoms with van der Waals surface area (Å²) in [5.41, 5.74) is 6.66. The number of carbonyl (C=O) groups excluding carboxylic acids is 2. The van der Waals surface area contributed by atoms with Crippen LogP contribution in [-0.4, -0.2) is 26.9 Å². The standard InChI is InChI=1S/C18H13N5O3S/c1-10-15-11(16(24)21-22-17(25)12-5-2-3-7-19-12)9-13(14-6-4-8-27-14)20-18(15)26-23-10/h2-9H,1H3,(H,21,24)(H,22,25). The Hall–Kier alpha value is -3.59. The van der Waals surface area contributed by atoms with Crippen LogP contribution in [0.3, 0.4) is 0 Å². The molecule has 0 fully saturated rings. The quantitative estimate of drug-likeness (QED) is 0.530. The first kappa shape index (κ1) is 16.9. The average molecular weight is 379 g/mol. The van der Waals surface area contributed by atoms with Gasteiger partial charge >= 0.3 is 0 Å². The van der Waals surface area contributed by atoms with Crippen LogP contribution in [0.5, 0.6) is 0 Å². The van der Waals surface area contributed by atoms with Gasteiger partial charge in [0.05, 0.1) is 27.2 Å². The van der Waals surface area contributed by atoms with E-state index in [-0.39, 0.29) is 11.4 Å². The summed E-state index contributed by atoms with van der Waals surface area (Å²) in [6.07, 6.45) is 1.50. The highest BCUT2D eigenvalue weighted by atomic mass is 32.1. The van der Waals surface area contributed by atoms with E-state index in [1.807, 2.05) is 17.5 Å². The summed E-state index contributed by atoms with van der Waals surface area (Å²) in [5.74, 6) is -1.02. The number of hydrogen-bond acceptors (Lipinski definition) is 7. The van der Waals surface area contributed by atoms with Crippen LogP contribution in [0.1, 0.15) is 26.5 Å². The number of thiophene rings is 1. The minimum absolute atomic E-state index is 0.193. The van der Waals surface area contributed by atoms with Crippen molar-refractivity contribution in [1.82, 2.24) is 26.0 Å². The summed E-state index contributed by atoms with van der Waals surface area (Å²) in [5, 5.41) is 6.31. The van der Waals surface area contributed by atoms with Crippen molar-refractivity contribution in [3.8, 4) is 10.6 Å². The minimum atomic E-state index is -0.519. The lowest BCUT2D eigenvalue weighted by molar-refractivity contribution is 0.0845. The molecule has 4 rings (SSSR count). The van der Waals surface area contributed by atoms with Crippen LogP contribution < -0.4 is 10.9 Å². The third-order valence-corrected chi connectivity index (χ3v) is 4.71. The SMILES string of the molecule is Cc1noc2nc(-c3cccs3)cc(C(=O)NNC(=O)c3ccccn3)c12. The van der Waals surface area contributed by atoms with Crippen molar-refractivity contribution in [2.75, 3.05) is 0 Å². The minimum Gasteiger partial charge on any atom is -0.335 e. The molecule has 0 saturated carbocycles. The van der Waals surface area contributed by atoms with Gasteiger partial charge in [-0.1, -0.05) is 17.3 Å². The summed E-state index contributed by atoms with van der Waals surface area (Å²) >= 11 is 1.49. The normalized spacial score (nSPS) is 10.7. The summed E-state index contributed by atoms with van der Waals surface area (Å²) in [6.45, 7) is 1.72. The molecular formula is C18H13N5O3S. The molecule has 4 aromatic rings. The van der Waals surface area contributed by atoms with Crippen molar-refractivity contribution in [2.45, 2.75) is 6.92 Å². The molecule has 0 aliphatic rings. The van der Waals surface area contributed by atoms with E-state index in [0.29, 0.717) is 22.3 Å². The topological polar surface area (TPSA) is 110 Å². The molecule has 0 aromatic carbocycles. The number of aromatic nitrogens is 3. The molecule has 2 amide bonds. The molecule has 4 aromatic heterocycles. The summed E-state index contributed by atoms with van der Waals surface area (Å²) in [6, 6.07) is 10.4. The lowest BCUT2D eigenvalue weighted by Crippen LogP contribution is -2.42. The van der Waals surface area contributed by atoms with Crippen LogP contribution in [0, 0.1) is 6.92 Å². The molecule has 0 aliphatic carbocycles. The molecule has 0 radical (unpaired) electrons. The Balaban J connectivity index is 1.64. The highest BCUT2D eigenvalue weighted by Gasteiger charge is 2.20. The van der Waals surface area contributed by atoms with Gasteiger partial charge in [-0.25, -0.2) is 4.98 Å². The number of aryl methyl sites for hydroxylation is 1. The predicted octanol–water partition coefficient (Wildman–Crippen LogP) is 2.73. The molecule has 9 heteroatoms. The molecule has 4 heterocycles. The first-order chi connectivity index (χ1) is 13.1. The van der Waals surface area contributed by atoms with Crippen LogP contribution in [0.2, 0.25) is 0 Å². The number of hydrazine groups is 1. The van der Waals surface area contributed by atoms with Gasteiger partial charge in [0, 0.05) is 6.20 Å². The number of fused-ring (bicyclic) bond motifs is 1. The number of rotatable bonds is 3. The van der Waals surface area contributed by atoms with Crippen LogP contribution in [0.25, 0.3) is 21.7 Å². The Bertz CT molecular complexity index is 1120. The third-order valence-electron chi connectivity index (χ3n) is 3.82. The Labute approximate surface area is 157 Å². The number of pyridine rings is 2. The second-order valence-electron chi connectivity index (χ2n) is 5.60. The summed E-state index contributed by atoms with van der Waals surface area (Å²) in [4.78, 5) is 34.1. The summed E-state index contributed by atoms with van der Waals surface area (Å²) < 4.78 is 5.24. The number of hydrogen-bond donors (Lipinski definition) is 2. The van der Waals surface area contributed by atoms with Gasteiger partial charge in [0.1, 0.15) is 5.69 Å². The second kappa shape index (κ2) is 6.96. The number of carbonyl (C=O) groups is 2. The maximum absolute atomic E-state index is 12.7. The Kier molecular flexibility index (Phi) is 4.35. The van der Waals surface area contributed by atoms with Crippen molar-refractivity contribution < 1.29 is 14.1 Å². The van der Waals surface area contributed by atoms with Crippen LogP contribution in [0.4, 0.5) is 0 Å². The average Bonchev–Trinajstić information content (AvgIpc) is 3.36. The molecular weight excluding hydrogens is 366 g/mol. The van der Waals surface area contributed by atoms with E-state index in [2.05, 4.69) is 26.0 Å². The largest absolute Gasteiger partial charge is 0.335 e. The van der Waals surface area contributed by atoms with Crippen LogP contribution in [-0.2, 0) is 0 Å². The lowest BCUT2D eigenvalue weighted by Gasteiger charge is -2.08. The number of amides is 2. The highest BCUT2D eigenvalue weighted by Crippen LogP contribution is 2.29. The fraction of sp³-hybridized carbons (Fsp3) is 0.0556. The van der Waals surface area contributed by atoms with Gasteiger partial charge in [-0.3, -0.25) is 25.4 Å². The maximum atomic E-state index is 12.7. The molecule has 0 spiro atoms. The van der Waals surface area contributed by atoms with Crippen molar-refractivity contribution in [3.05, 3.63) is 64.9 Å². The molecule has 2 N–H and O–H groups in total. The zero-order valence-electron chi connectivity index (χ0n) is 14.1. The van der Waals surface area contributed by atoms with Crippen molar-refractivity contribution in [2.24, 2.45) is 0 Å². The molecule has 8 nitrogen and oxygen atoms in total. The molecule has 0 saturated heterocycles. The van der Waals surface area contributed by atoms with Crippen molar-refractivity contribution in [3.63, 3.8) is 0 Å². The number of nitrogens with zero attached hydrogens (tertiary/aromatic N) is 3. The van der Waals surface area contributed by atoms with Gasteiger partial charge in [0.15, 0.2) is 0 Å². The monoisotopic (exact) mass is 379 g/mol. The van der Waals surface area contributed by atoms with E-state index in [0.717, 1.165) is 4.88 Å². The molecule has 134 valence electrons. The maximum Gasteiger partial charge on any atom is 0.288 e. The highest BCUT2D eigenvalue weighted by molar-refractivity contribution is 7.13. The van der Waals surface area contributed by atoms with Crippen molar-refractivity contribution in [1.29, 1.82) is 0 Å². The van der Waals surface area contributed by atoms with Gasteiger partial charge in [-0.2, -0.15) is 0 Å². The zero-order valence-corrected chi connectivity index (χ0v) is 14.9. The molecule has 0 unspecified atom stereocenters. The first-order valence-corrected chi connectivity index (χ1v) is 8.84. The van der Waals surface area contributed by atoms with E-state index < -0.39 is 11.8 Å². The Morgan fingerprint density at radius 1 is 1.11 bits per heavy atom. The van der Waals surface area contributed by atoms with Crippen LogP contribution >= 0.6 is 11.3 Å². The van der Waals surface area contributed by atoms with Gasteiger partial charge in [-0.05, 0) is 36.6 Å². The predicted molar refractivity (Wildman–Crippen MR) is 99.0 cm³/mol. The fourth-order valence-corrected chi connectivity index (χ4v) is 3.25. The number of nitrogens with one attached hydrogen (secondary N) is 2. The van der Waals surface area contributed by atoms with E-state index in [4.69, 9.17) is 4.52 Å². The fourth-order valence-electron chi connectivity index (χ4n) is 2.57. The van der Waals surface area contributed by atoms with Gasteiger partial charge in [0.25, 0.3) is 17.5 Å². The third kappa shape index (κ3) is 3.27.